The van der Waals surface area contributed by atoms with Crippen molar-refractivity contribution in [3.63, 3.8) is 0 Å². The molecular formula is C28H33N5O2. The van der Waals surface area contributed by atoms with Crippen molar-refractivity contribution in [1.29, 1.82) is 0 Å². The van der Waals surface area contributed by atoms with Gasteiger partial charge in [-0.1, -0.05) is 48.5 Å². The number of aromatic nitrogens is 1. The fourth-order valence-corrected chi connectivity index (χ4v) is 4.31. The molecule has 1 aliphatic heterocycles. The van der Waals surface area contributed by atoms with Crippen LogP contribution in [-0.4, -0.2) is 54.0 Å². The van der Waals surface area contributed by atoms with Crippen molar-refractivity contribution < 1.29 is 9.59 Å². The Labute approximate surface area is 207 Å². The van der Waals surface area contributed by atoms with Gasteiger partial charge in [0.15, 0.2) is 0 Å². The van der Waals surface area contributed by atoms with Crippen molar-refractivity contribution in [3.8, 4) is 11.1 Å². The van der Waals surface area contributed by atoms with Gasteiger partial charge in [-0.2, -0.15) is 0 Å². The number of carbonyl (C=O) groups is 2. The second-order valence-electron chi connectivity index (χ2n) is 8.85. The van der Waals surface area contributed by atoms with Crippen LogP contribution in [0, 0.1) is 0 Å². The number of urea groups is 1. The fourth-order valence-electron chi connectivity index (χ4n) is 4.31. The van der Waals surface area contributed by atoms with Gasteiger partial charge in [-0.15, -0.1) is 0 Å². The van der Waals surface area contributed by atoms with E-state index < -0.39 is 12.1 Å². The van der Waals surface area contributed by atoms with Crippen LogP contribution >= 0.6 is 0 Å². The molecule has 3 aromatic rings. The molecule has 1 aromatic heterocycles. The minimum atomic E-state index is -0.699. The van der Waals surface area contributed by atoms with E-state index in [-0.39, 0.29) is 5.91 Å². The standard InChI is InChI=1S/C28H33N5O2/c34-27(30-16-7-19-33-17-4-5-18-33)26(20-22-8-6-15-29-21-22)32-28(35)31-25-13-11-24(12-14-25)23-9-2-1-3-10-23/h1-3,6,8-15,21,26H,4-5,7,16-20H2,(H,30,34)(H2,31,32,35). The quantitative estimate of drug-likeness (QED) is 0.389. The van der Waals surface area contributed by atoms with Crippen LogP contribution in [0.3, 0.4) is 0 Å². The van der Waals surface area contributed by atoms with E-state index in [0.29, 0.717) is 18.7 Å². The zero-order valence-corrected chi connectivity index (χ0v) is 20.0. The predicted molar refractivity (Wildman–Crippen MR) is 139 cm³/mol. The van der Waals surface area contributed by atoms with Crippen LogP contribution in [-0.2, 0) is 11.2 Å². The Kier molecular flexibility index (Phi) is 8.84. The lowest BCUT2D eigenvalue weighted by Crippen LogP contribution is -2.49. The van der Waals surface area contributed by atoms with Gasteiger partial charge in [0, 0.05) is 31.0 Å². The number of amides is 3. The number of nitrogens with zero attached hydrogens (tertiary/aromatic N) is 2. The van der Waals surface area contributed by atoms with E-state index in [0.717, 1.165) is 42.7 Å². The maximum Gasteiger partial charge on any atom is 0.319 e. The van der Waals surface area contributed by atoms with E-state index in [9.17, 15) is 9.59 Å². The lowest BCUT2D eigenvalue weighted by Gasteiger charge is -2.20. The van der Waals surface area contributed by atoms with E-state index in [1.54, 1.807) is 12.4 Å². The molecule has 1 fully saturated rings. The van der Waals surface area contributed by atoms with Crippen molar-refractivity contribution in [2.45, 2.75) is 31.7 Å². The summed E-state index contributed by atoms with van der Waals surface area (Å²) in [6, 6.07) is 20.3. The zero-order valence-electron chi connectivity index (χ0n) is 20.0. The zero-order chi connectivity index (χ0) is 24.3. The Morgan fingerprint density at radius 3 is 2.37 bits per heavy atom. The second kappa shape index (κ2) is 12.7. The molecule has 4 rings (SSSR count). The highest BCUT2D eigenvalue weighted by molar-refractivity contribution is 5.94. The minimum Gasteiger partial charge on any atom is -0.354 e. The van der Waals surface area contributed by atoms with Gasteiger partial charge in [-0.05, 0) is 73.8 Å². The topological polar surface area (TPSA) is 86.4 Å². The normalized spacial score (nSPS) is 14.3. The maximum atomic E-state index is 12.9. The summed E-state index contributed by atoms with van der Waals surface area (Å²) in [4.78, 5) is 32.3. The second-order valence-corrected chi connectivity index (χ2v) is 8.85. The molecule has 2 aromatic carbocycles. The van der Waals surface area contributed by atoms with E-state index in [4.69, 9.17) is 0 Å². The molecule has 0 aliphatic carbocycles. The maximum absolute atomic E-state index is 12.9. The first kappa shape index (κ1) is 24.4. The molecule has 1 atom stereocenters. The van der Waals surface area contributed by atoms with Crippen LogP contribution in [0.1, 0.15) is 24.8 Å². The lowest BCUT2D eigenvalue weighted by molar-refractivity contribution is -0.122. The van der Waals surface area contributed by atoms with Gasteiger partial charge in [-0.3, -0.25) is 9.78 Å². The van der Waals surface area contributed by atoms with Crippen molar-refractivity contribution in [3.05, 3.63) is 84.7 Å². The van der Waals surface area contributed by atoms with Crippen LogP contribution in [0.5, 0.6) is 0 Å². The van der Waals surface area contributed by atoms with Crippen LogP contribution in [0.4, 0.5) is 10.5 Å². The lowest BCUT2D eigenvalue weighted by atomic mass is 10.1. The summed E-state index contributed by atoms with van der Waals surface area (Å²) in [7, 11) is 0. The molecule has 7 heteroatoms. The third-order valence-corrected chi connectivity index (χ3v) is 6.18. The van der Waals surface area contributed by atoms with Gasteiger partial charge in [0.05, 0.1) is 0 Å². The number of pyridine rings is 1. The van der Waals surface area contributed by atoms with E-state index in [1.165, 1.54) is 12.8 Å². The minimum absolute atomic E-state index is 0.190. The molecule has 2 heterocycles. The summed E-state index contributed by atoms with van der Waals surface area (Å²) in [5, 5.41) is 8.68. The SMILES string of the molecule is O=C(Nc1ccc(-c2ccccc2)cc1)NC(Cc1cccnc1)C(=O)NCCCN1CCCC1. The van der Waals surface area contributed by atoms with Crippen molar-refractivity contribution >= 4 is 17.6 Å². The highest BCUT2D eigenvalue weighted by atomic mass is 16.2. The van der Waals surface area contributed by atoms with Crippen molar-refractivity contribution in [2.75, 3.05) is 31.5 Å². The molecule has 0 bridgehead atoms. The monoisotopic (exact) mass is 471 g/mol. The summed E-state index contributed by atoms with van der Waals surface area (Å²) in [5.74, 6) is -0.190. The molecular weight excluding hydrogens is 438 g/mol. The van der Waals surface area contributed by atoms with Gasteiger partial charge in [0.2, 0.25) is 5.91 Å². The highest BCUT2D eigenvalue weighted by Crippen LogP contribution is 2.21. The highest BCUT2D eigenvalue weighted by Gasteiger charge is 2.21. The molecule has 0 spiro atoms. The van der Waals surface area contributed by atoms with Gasteiger partial charge in [0.1, 0.15) is 6.04 Å². The van der Waals surface area contributed by atoms with Crippen LogP contribution in [0.25, 0.3) is 11.1 Å². The van der Waals surface area contributed by atoms with E-state index in [2.05, 4.69) is 25.8 Å². The summed E-state index contributed by atoms with van der Waals surface area (Å²) in [5.41, 5.74) is 3.73. The molecule has 0 saturated carbocycles. The van der Waals surface area contributed by atoms with Gasteiger partial charge in [-0.25, -0.2) is 4.79 Å². The molecule has 1 unspecified atom stereocenters. The Morgan fingerprint density at radius 2 is 1.66 bits per heavy atom. The predicted octanol–water partition coefficient (Wildman–Crippen LogP) is 4.08. The third-order valence-electron chi connectivity index (χ3n) is 6.18. The molecule has 0 radical (unpaired) electrons. The third kappa shape index (κ3) is 7.65. The number of hydrogen-bond donors (Lipinski definition) is 3. The molecule has 1 saturated heterocycles. The van der Waals surface area contributed by atoms with Crippen LogP contribution in [0.15, 0.2) is 79.1 Å². The molecule has 35 heavy (non-hydrogen) atoms. The Hall–Kier alpha value is -3.71. The fraction of sp³-hybridized carbons (Fsp3) is 0.321. The van der Waals surface area contributed by atoms with Gasteiger partial charge in [0.25, 0.3) is 0 Å². The number of anilines is 1. The number of carbonyl (C=O) groups excluding carboxylic acids is 2. The first-order valence-corrected chi connectivity index (χ1v) is 12.3. The Balaban J connectivity index is 1.32. The number of rotatable bonds is 10. The van der Waals surface area contributed by atoms with Crippen LogP contribution in [0.2, 0.25) is 0 Å². The Morgan fingerprint density at radius 1 is 0.914 bits per heavy atom. The first-order valence-electron chi connectivity index (χ1n) is 12.3. The van der Waals surface area contributed by atoms with E-state index in [1.807, 2.05) is 66.7 Å². The van der Waals surface area contributed by atoms with E-state index >= 15 is 0 Å². The number of benzene rings is 2. The average molecular weight is 472 g/mol. The number of nitrogens with one attached hydrogen (secondary N) is 3. The van der Waals surface area contributed by atoms with Crippen molar-refractivity contribution in [2.24, 2.45) is 0 Å². The molecule has 182 valence electrons. The summed E-state index contributed by atoms with van der Waals surface area (Å²) < 4.78 is 0. The first-order chi connectivity index (χ1) is 17.2. The molecule has 3 amide bonds. The van der Waals surface area contributed by atoms with Crippen molar-refractivity contribution in [1.82, 2.24) is 20.5 Å². The number of hydrogen-bond acceptors (Lipinski definition) is 4. The molecule has 3 N–H and O–H groups in total. The van der Waals surface area contributed by atoms with Gasteiger partial charge >= 0.3 is 6.03 Å². The largest absolute Gasteiger partial charge is 0.354 e. The molecule has 7 nitrogen and oxygen atoms in total. The Bertz CT molecular complexity index is 1070. The number of likely N-dealkylation sites (tertiary alicyclic amines) is 1. The summed E-state index contributed by atoms with van der Waals surface area (Å²) >= 11 is 0. The van der Waals surface area contributed by atoms with Crippen LogP contribution < -0.4 is 16.0 Å². The molecule has 1 aliphatic rings. The smallest absolute Gasteiger partial charge is 0.319 e. The summed E-state index contributed by atoms with van der Waals surface area (Å²) in [6.45, 7) is 3.86. The van der Waals surface area contributed by atoms with Gasteiger partial charge < -0.3 is 20.9 Å². The average Bonchev–Trinajstić information content (AvgIpc) is 3.41. The summed E-state index contributed by atoms with van der Waals surface area (Å²) in [6.07, 6.45) is 7.18.